The molecule has 2 fully saturated rings. The van der Waals surface area contributed by atoms with E-state index in [-0.39, 0.29) is 189 Å². The summed E-state index contributed by atoms with van der Waals surface area (Å²) in [6.07, 6.45) is 4.04. The topological polar surface area (TPSA) is 361 Å². The van der Waals surface area contributed by atoms with Gasteiger partial charge in [0.25, 0.3) is 0 Å². The summed E-state index contributed by atoms with van der Waals surface area (Å²) in [4.78, 5) is 120. The maximum Gasteiger partial charge on any atom is 0.407 e. The zero-order chi connectivity index (χ0) is 79.9. The molecule has 616 valence electrons. The molecule has 3 aliphatic heterocycles. The van der Waals surface area contributed by atoms with Crippen molar-refractivity contribution in [3.8, 4) is 33.8 Å². The first kappa shape index (κ1) is 87.9. The number of alkyl carbamates (subject to hydrolysis) is 1. The lowest BCUT2D eigenvalue weighted by molar-refractivity contribution is -0.141. The fourth-order valence-electron chi connectivity index (χ4n) is 13.6. The van der Waals surface area contributed by atoms with Crippen LogP contribution < -0.4 is 20.9 Å². The molecule has 3 aromatic carbocycles. The van der Waals surface area contributed by atoms with Crippen LogP contribution in [0.15, 0.2) is 72.8 Å². The number of para-hydroxylation sites is 1. The molecule has 0 bridgehead atoms. The number of benzene rings is 3. The first-order chi connectivity index (χ1) is 55.1. The average Bonchev–Trinajstić information content (AvgIpc) is 1.74. The van der Waals surface area contributed by atoms with Crippen LogP contribution in [0.1, 0.15) is 107 Å². The molecule has 3 atom stereocenters. The van der Waals surface area contributed by atoms with Crippen LogP contribution in [0.5, 0.6) is 0 Å². The van der Waals surface area contributed by atoms with Crippen molar-refractivity contribution in [2.24, 2.45) is 11.8 Å². The number of carbonyl (C=O) groups is 9. The molecule has 32 nitrogen and oxygen atoms in total. The molecule has 0 spiro atoms. The van der Waals surface area contributed by atoms with Crippen molar-refractivity contribution in [2.75, 3.05) is 183 Å². The van der Waals surface area contributed by atoms with Crippen molar-refractivity contribution in [1.82, 2.24) is 55.8 Å². The molecule has 4 aliphatic rings. The standard InChI is InChI=1S/C81H112N12O20/c1-5-93-78-68-14-8-9-16-69(68)92(57-63-11-6-7-13-66(63)77(78)87-88-93)73(97)24-23-70(94)82-28-36-104-42-48-110-51-45-107-39-33-89(72(96)27-35-103-41-47-109-53-54-112-49-43-105-37-29-83-71(95)26-32-91-75(99)56-59(3)80(91)101)34-40-108-46-52-111-50-44-106-38-30-84-81(102)113-64-12-10-15-67-65(22-21-64)60(4)85-86-76(67)62-19-17-61(18-20-62)25-31-90-74(98)55-58(2)79(90)100/h6-9,11,13-14,16-20,58-59,64H,5,10,12,15,21-57H2,1-4H3,(H,82,94)(H,83,95)(H,84,102)/t58?,59?,64-/m0/s1. The molecule has 3 N–H and O–H groups in total. The number of nitrogens with one attached hydrogen (secondary N) is 3. The summed E-state index contributed by atoms with van der Waals surface area (Å²) in [6.45, 7) is 15.9. The zero-order valence-electron chi connectivity index (χ0n) is 65.8. The van der Waals surface area contributed by atoms with Gasteiger partial charge in [0, 0.05) is 113 Å². The number of hydrogen-bond donors (Lipinski definition) is 3. The highest BCUT2D eigenvalue weighted by Crippen LogP contribution is 2.41. The summed E-state index contributed by atoms with van der Waals surface area (Å²) < 4.78 is 64.6. The van der Waals surface area contributed by atoms with E-state index in [0.29, 0.717) is 131 Å². The number of hydrogen-bond acceptors (Lipinski definition) is 24. The van der Waals surface area contributed by atoms with Crippen LogP contribution in [-0.4, -0.2) is 277 Å². The van der Waals surface area contributed by atoms with Gasteiger partial charge in [0.1, 0.15) is 11.8 Å². The van der Waals surface area contributed by atoms with Crippen molar-refractivity contribution in [3.63, 3.8) is 0 Å². The van der Waals surface area contributed by atoms with Gasteiger partial charge < -0.3 is 77.9 Å². The largest absolute Gasteiger partial charge is 0.446 e. The summed E-state index contributed by atoms with van der Waals surface area (Å²) in [6, 6.07) is 23.7. The first-order valence-electron chi connectivity index (χ1n) is 39.7. The van der Waals surface area contributed by atoms with Crippen LogP contribution in [0.2, 0.25) is 0 Å². The molecule has 9 rings (SSSR count). The maximum absolute atomic E-state index is 13.9. The van der Waals surface area contributed by atoms with Gasteiger partial charge in [0.2, 0.25) is 47.3 Å². The van der Waals surface area contributed by atoms with Gasteiger partial charge in [0.05, 0.1) is 168 Å². The molecular weight excluding hydrogens is 1460 g/mol. The number of amides is 9. The number of likely N-dealkylation sites (tertiary alicyclic amines) is 2. The lowest BCUT2D eigenvalue weighted by Gasteiger charge is -2.28. The minimum atomic E-state index is -0.500. The van der Waals surface area contributed by atoms with E-state index in [1.165, 1.54) is 4.90 Å². The van der Waals surface area contributed by atoms with Crippen molar-refractivity contribution >= 4 is 59.0 Å². The van der Waals surface area contributed by atoms with Crippen LogP contribution in [0.3, 0.4) is 0 Å². The number of anilines is 1. The highest BCUT2D eigenvalue weighted by molar-refractivity contribution is 6.04. The monoisotopic (exact) mass is 1570 g/mol. The molecule has 2 unspecified atom stereocenters. The minimum Gasteiger partial charge on any atom is -0.446 e. The highest BCUT2D eigenvalue weighted by atomic mass is 16.6. The second-order valence-electron chi connectivity index (χ2n) is 27.9. The summed E-state index contributed by atoms with van der Waals surface area (Å²) in [5.74, 6) is -2.16. The molecule has 1 aliphatic carbocycles. The van der Waals surface area contributed by atoms with Crippen molar-refractivity contribution in [1.29, 1.82) is 0 Å². The van der Waals surface area contributed by atoms with E-state index in [0.717, 1.165) is 85.1 Å². The number of fused-ring (bicyclic) bond motifs is 6. The predicted molar refractivity (Wildman–Crippen MR) is 413 cm³/mol. The Labute approximate surface area is 660 Å². The third kappa shape index (κ3) is 28.2. The first-order valence-corrected chi connectivity index (χ1v) is 39.7. The fraction of sp³-hybridized carbons (Fsp3) is 0.593. The van der Waals surface area contributed by atoms with Gasteiger partial charge in [-0.3, -0.25) is 48.2 Å². The van der Waals surface area contributed by atoms with Crippen LogP contribution in [-0.2, 0) is 123 Å². The number of ether oxygens (including phenoxy) is 11. The van der Waals surface area contributed by atoms with E-state index in [4.69, 9.17) is 52.1 Å². The zero-order valence-corrected chi connectivity index (χ0v) is 65.8. The number of carbonyl (C=O) groups excluding carboxylic acids is 9. The maximum atomic E-state index is 13.9. The smallest absolute Gasteiger partial charge is 0.407 e. The number of rotatable bonds is 51. The molecule has 0 saturated carbocycles. The number of aromatic nitrogens is 5. The predicted octanol–water partition coefficient (Wildman–Crippen LogP) is 5.43. The fourth-order valence-corrected chi connectivity index (χ4v) is 13.6. The molecule has 113 heavy (non-hydrogen) atoms. The molecule has 2 aromatic heterocycles. The minimum absolute atomic E-state index is 0.0108. The molecule has 2 saturated heterocycles. The van der Waals surface area contributed by atoms with Crippen LogP contribution in [0, 0.1) is 18.8 Å². The van der Waals surface area contributed by atoms with E-state index in [1.807, 2.05) is 91.3 Å². The Balaban J connectivity index is 0.597. The number of nitrogens with zero attached hydrogens (tertiary/aromatic N) is 9. The van der Waals surface area contributed by atoms with E-state index in [1.54, 1.807) is 23.6 Å². The van der Waals surface area contributed by atoms with Crippen molar-refractivity contribution in [3.05, 3.63) is 101 Å². The summed E-state index contributed by atoms with van der Waals surface area (Å²) in [5.41, 5.74) is 11.0. The molecule has 32 heteroatoms. The summed E-state index contributed by atoms with van der Waals surface area (Å²) in [5, 5.41) is 26.5. The van der Waals surface area contributed by atoms with Gasteiger partial charge in [-0.1, -0.05) is 85.8 Å². The lowest BCUT2D eigenvalue weighted by Crippen LogP contribution is -2.37. The van der Waals surface area contributed by atoms with Crippen LogP contribution in [0.25, 0.3) is 33.8 Å². The second-order valence-corrected chi connectivity index (χ2v) is 27.9. The Bertz CT molecular complexity index is 3880. The lowest BCUT2D eigenvalue weighted by atomic mass is 9.89. The van der Waals surface area contributed by atoms with Gasteiger partial charge in [-0.05, 0) is 80.7 Å². The normalized spacial score (nSPS) is 16.1. The summed E-state index contributed by atoms with van der Waals surface area (Å²) >= 11 is 0. The Kier molecular flexibility index (Phi) is 37.5. The van der Waals surface area contributed by atoms with Gasteiger partial charge in [0.15, 0.2) is 0 Å². The third-order valence-corrected chi connectivity index (χ3v) is 19.7. The molecule has 9 amide bonds. The highest BCUT2D eigenvalue weighted by Gasteiger charge is 2.37. The number of imide groups is 2. The molecule has 5 heterocycles. The van der Waals surface area contributed by atoms with Crippen molar-refractivity contribution in [2.45, 2.75) is 124 Å². The molecule has 5 aromatic rings. The SMILES string of the molecule is CCn1nnc2c1-c1ccccc1N(C(=O)CCC(=O)NCCOCCOCCOCCN(CCOCCOCCOCCNC(=O)O[C@H]1CCCc3c(-c4ccc(CCN5C(=O)CC(C)C5=O)cc4)nnc(C)c3CC1)C(=O)CCOCCOCCOCCOCCNC(=O)CCN1C(=O)CC(C)C1=O)Cc1ccccc1-2. The van der Waals surface area contributed by atoms with Crippen molar-refractivity contribution < 1.29 is 95.3 Å². The Morgan fingerprint density at radius 3 is 1.61 bits per heavy atom. The van der Waals surface area contributed by atoms with Gasteiger partial charge in [-0.25, -0.2) is 9.48 Å². The van der Waals surface area contributed by atoms with Gasteiger partial charge in [-0.2, -0.15) is 5.10 Å². The van der Waals surface area contributed by atoms with E-state index >= 15 is 0 Å². The molecule has 0 radical (unpaired) electrons. The van der Waals surface area contributed by atoms with E-state index < -0.39 is 6.09 Å². The average molecular weight is 1570 g/mol. The number of aryl methyl sites for hydroxylation is 2. The summed E-state index contributed by atoms with van der Waals surface area (Å²) in [7, 11) is 0. The van der Waals surface area contributed by atoms with Gasteiger partial charge in [-0.15, -0.1) is 10.2 Å². The second kappa shape index (κ2) is 48.2. The van der Waals surface area contributed by atoms with E-state index in [9.17, 15) is 43.2 Å². The Hall–Kier alpha value is -9.09. The molecular formula is C81H112N12O20. The Morgan fingerprint density at radius 1 is 0.513 bits per heavy atom. The van der Waals surface area contributed by atoms with Crippen LogP contribution in [0.4, 0.5) is 10.5 Å². The third-order valence-electron chi connectivity index (χ3n) is 19.7. The van der Waals surface area contributed by atoms with E-state index in [2.05, 4.69) is 36.5 Å². The van der Waals surface area contributed by atoms with Crippen LogP contribution >= 0.6 is 0 Å². The Morgan fingerprint density at radius 2 is 1.04 bits per heavy atom. The van der Waals surface area contributed by atoms with Gasteiger partial charge >= 0.3 is 6.09 Å². The quantitative estimate of drug-likeness (QED) is 0.0323.